The van der Waals surface area contributed by atoms with E-state index in [-0.39, 0.29) is 22.8 Å². The Labute approximate surface area is 160 Å². The van der Waals surface area contributed by atoms with Crippen LogP contribution >= 0.6 is 0 Å². The number of carbonyl (C=O) groups is 1. The molecule has 1 fully saturated rings. The van der Waals surface area contributed by atoms with E-state index in [2.05, 4.69) is 10.9 Å². The SMILES string of the molecule is O=C(NNc1ccccc1[N+](=O)[O-])[C@H]1CCCN1S(=O)(=O)c1ccc(F)cc1. The predicted molar refractivity (Wildman–Crippen MR) is 98.2 cm³/mol. The number of halogens is 1. The van der Waals surface area contributed by atoms with Crippen molar-refractivity contribution < 1.29 is 22.5 Å². The highest BCUT2D eigenvalue weighted by molar-refractivity contribution is 7.89. The van der Waals surface area contributed by atoms with Gasteiger partial charge in [-0.1, -0.05) is 12.1 Å². The Bertz CT molecular complexity index is 997. The molecule has 2 aromatic rings. The second-order valence-corrected chi connectivity index (χ2v) is 8.01. The standard InChI is InChI=1S/C17H17FN4O5S/c18-12-7-9-13(10-8-12)28(26,27)21-11-3-6-16(21)17(23)20-19-14-4-1-2-5-15(14)22(24)25/h1-2,4-5,7-10,16,19H,3,6,11H2,(H,20,23)/t16-/m1/s1. The molecule has 28 heavy (non-hydrogen) atoms. The maximum atomic E-state index is 13.1. The first-order chi connectivity index (χ1) is 13.3. The third-order valence-electron chi connectivity index (χ3n) is 4.35. The van der Waals surface area contributed by atoms with Crippen LogP contribution in [-0.2, 0) is 14.8 Å². The first kappa shape index (κ1) is 19.7. The summed E-state index contributed by atoms with van der Waals surface area (Å²) in [5.74, 6) is -1.20. The number of nitrogens with zero attached hydrogens (tertiary/aromatic N) is 2. The largest absolute Gasteiger partial charge is 0.294 e. The smallest absolute Gasteiger partial charge is 0.292 e. The van der Waals surface area contributed by atoms with Gasteiger partial charge < -0.3 is 0 Å². The van der Waals surface area contributed by atoms with Gasteiger partial charge in [-0.2, -0.15) is 4.31 Å². The quantitative estimate of drug-likeness (QED) is 0.557. The highest BCUT2D eigenvalue weighted by Gasteiger charge is 2.39. The van der Waals surface area contributed by atoms with Crippen LogP contribution in [0.15, 0.2) is 53.4 Å². The highest BCUT2D eigenvalue weighted by Crippen LogP contribution is 2.27. The maximum Gasteiger partial charge on any atom is 0.294 e. The van der Waals surface area contributed by atoms with Gasteiger partial charge in [-0.25, -0.2) is 12.8 Å². The Hall–Kier alpha value is -3.05. The van der Waals surface area contributed by atoms with Gasteiger partial charge in [0.2, 0.25) is 10.0 Å². The zero-order chi connectivity index (χ0) is 20.3. The zero-order valence-corrected chi connectivity index (χ0v) is 15.4. The molecular weight excluding hydrogens is 391 g/mol. The first-order valence-electron chi connectivity index (χ1n) is 8.37. The van der Waals surface area contributed by atoms with Crippen LogP contribution in [0.25, 0.3) is 0 Å². The van der Waals surface area contributed by atoms with Gasteiger partial charge in [-0.15, -0.1) is 0 Å². The number of carbonyl (C=O) groups excluding carboxylic acids is 1. The summed E-state index contributed by atoms with van der Waals surface area (Å²) in [6.45, 7) is 0.142. The number of para-hydroxylation sites is 2. The summed E-state index contributed by atoms with van der Waals surface area (Å²) in [6.07, 6.45) is 0.773. The van der Waals surface area contributed by atoms with Crippen molar-refractivity contribution in [3.63, 3.8) is 0 Å². The van der Waals surface area contributed by atoms with Crippen molar-refractivity contribution in [3.05, 3.63) is 64.5 Å². The van der Waals surface area contributed by atoms with E-state index in [0.29, 0.717) is 12.8 Å². The average Bonchev–Trinajstić information content (AvgIpc) is 3.17. The first-order valence-corrected chi connectivity index (χ1v) is 9.81. The van der Waals surface area contributed by atoms with Crippen LogP contribution < -0.4 is 10.9 Å². The van der Waals surface area contributed by atoms with Gasteiger partial charge in [0.1, 0.15) is 17.5 Å². The van der Waals surface area contributed by atoms with E-state index >= 15 is 0 Å². The zero-order valence-electron chi connectivity index (χ0n) is 14.5. The molecule has 0 aromatic heterocycles. The van der Waals surface area contributed by atoms with E-state index in [4.69, 9.17) is 0 Å². The van der Waals surface area contributed by atoms with Gasteiger partial charge in [-0.3, -0.25) is 25.8 Å². The summed E-state index contributed by atoms with van der Waals surface area (Å²) in [4.78, 5) is 22.8. The van der Waals surface area contributed by atoms with E-state index < -0.39 is 32.7 Å². The molecule has 1 heterocycles. The van der Waals surface area contributed by atoms with Gasteiger partial charge >= 0.3 is 0 Å². The molecule has 0 unspecified atom stereocenters. The van der Waals surface area contributed by atoms with Gasteiger partial charge in [0.15, 0.2) is 0 Å². The van der Waals surface area contributed by atoms with Crippen molar-refractivity contribution in [2.24, 2.45) is 0 Å². The van der Waals surface area contributed by atoms with Gasteiger partial charge in [0.05, 0.1) is 9.82 Å². The van der Waals surface area contributed by atoms with Crippen LogP contribution in [0.5, 0.6) is 0 Å². The van der Waals surface area contributed by atoms with Crippen LogP contribution in [0, 0.1) is 15.9 Å². The summed E-state index contributed by atoms with van der Waals surface area (Å²) in [6, 6.07) is 9.11. The van der Waals surface area contributed by atoms with Gasteiger partial charge in [0, 0.05) is 12.6 Å². The van der Waals surface area contributed by atoms with Gasteiger partial charge in [0.25, 0.3) is 11.6 Å². The lowest BCUT2D eigenvalue weighted by Crippen LogP contribution is -2.47. The number of nitrogens with one attached hydrogen (secondary N) is 2. The number of rotatable bonds is 6. The predicted octanol–water partition coefficient (Wildman–Crippen LogP) is 2.03. The molecule has 0 saturated carbocycles. The third kappa shape index (κ3) is 3.94. The number of hydrogen-bond acceptors (Lipinski definition) is 6. The Kier molecular flexibility index (Phi) is 5.56. The Morgan fingerprint density at radius 3 is 2.54 bits per heavy atom. The van der Waals surface area contributed by atoms with Crippen molar-refractivity contribution in [2.45, 2.75) is 23.8 Å². The van der Waals surface area contributed by atoms with E-state index in [1.54, 1.807) is 6.07 Å². The highest BCUT2D eigenvalue weighted by atomic mass is 32.2. The minimum Gasteiger partial charge on any atom is -0.292 e. The fourth-order valence-electron chi connectivity index (χ4n) is 2.98. The summed E-state index contributed by atoms with van der Waals surface area (Å²) in [5, 5.41) is 11.0. The van der Waals surface area contributed by atoms with Crippen molar-refractivity contribution in [3.8, 4) is 0 Å². The Morgan fingerprint density at radius 2 is 1.86 bits per heavy atom. The van der Waals surface area contributed by atoms with Crippen molar-refractivity contribution >= 4 is 27.3 Å². The lowest BCUT2D eigenvalue weighted by molar-refractivity contribution is -0.384. The molecule has 0 bridgehead atoms. The van der Waals surface area contributed by atoms with Crippen molar-refractivity contribution in [1.29, 1.82) is 0 Å². The van der Waals surface area contributed by atoms with Crippen LogP contribution in [0.2, 0.25) is 0 Å². The lowest BCUT2D eigenvalue weighted by Gasteiger charge is -2.23. The minimum atomic E-state index is -3.98. The maximum absolute atomic E-state index is 13.1. The summed E-state index contributed by atoms with van der Waals surface area (Å²) >= 11 is 0. The molecule has 11 heteroatoms. The van der Waals surface area contributed by atoms with Crippen LogP contribution in [0.4, 0.5) is 15.8 Å². The molecule has 0 aliphatic carbocycles. The number of nitro groups is 1. The fraction of sp³-hybridized carbons (Fsp3) is 0.235. The molecule has 2 N–H and O–H groups in total. The molecule has 0 radical (unpaired) electrons. The number of anilines is 1. The topological polar surface area (TPSA) is 122 Å². The molecule has 9 nitrogen and oxygen atoms in total. The molecule has 3 rings (SSSR count). The Morgan fingerprint density at radius 1 is 1.18 bits per heavy atom. The summed E-state index contributed by atoms with van der Waals surface area (Å²) < 4.78 is 39.7. The third-order valence-corrected chi connectivity index (χ3v) is 6.27. The molecular formula is C17H17FN4O5S. The monoisotopic (exact) mass is 408 g/mol. The van der Waals surface area contributed by atoms with E-state index in [0.717, 1.165) is 28.6 Å². The molecule has 1 amide bonds. The molecule has 1 aliphatic heterocycles. The number of sulfonamides is 1. The molecule has 1 saturated heterocycles. The molecule has 2 aromatic carbocycles. The van der Waals surface area contributed by atoms with Crippen LogP contribution in [0.1, 0.15) is 12.8 Å². The van der Waals surface area contributed by atoms with E-state index in [1.165, 1.54) is 18.2 Å². The van der Waals surface area contributed by atoms with E-state index in [1.807, 2.05) is 0 Å². The number of nitro benzene ring substituents is 1. The molecule has 1 aliphatic rings. The molecule has 1 atom stereocenters. The average molecular weight is 408 g/mol. The van der Waals surface area contributed by atoms with Crippen molar-refractivity contribution in [1.82, 2.24) is 9.73 Å². The lowest BCUT2D eigenvalue weighted by atomic mass is 10.2. The fourth-order valence-corrected chi connectivity index (χ4v) is 4.64. The molecule has 148 valence electrons. The number of benzene rings is 2. The second-order valence-electron chi connectivity index (χ2n) is 6.12. The second kappa shape index (κ2) is 7.90. The number of hydrogen-bond donors (Lipinski definition) is 2. The van der Waals surface area contributed by atoms with Gasteiger partial charge in [-0.05, 0) is 43.2 Å². The number of amides is 1. The summed E-state index contributed by atoms with van der Waals surface area (Å²) in [7, 11) is -3.98. The van der Waals surface area contributed by atoms with Crippen LogP contribution in [-0.4, -0.2) is 36.1 Å². The van der Waals surface area contributed by atoms with Crippen LogP contribution in [0.3, 0.4) is 0 Å². The summed E-state index contributed by atoms with van der Waals surface area (Å²) in [5.41, 5.74) is 4.66. The van der Waals surface area contributed by atoms with E-state index in [9.17, 15) is 27.7 Å². The number of hydrazine groups is 1. The Balaban J connectivity index is 1.75. The molecule has 0 spiro atoms. The van der Waals surface area contributed by atoms with Crippen molar-refractivity contribution in [2.75, 3.05) is 12.0 Å². The minimum absolute atomic E-state index is 0.0757. The normalized spacial score (nSPS) is 17.2.